The fraction of sp³-hybridized carbons (Fsp3) is 0. The Morgan fingerprint density at radius 1 is 1.05 bits per heavy atom. The van der Waals surface area contributed by atoms with Crippen LogP contribution in [-0.4, -0.2) is 15.7 Å². The van der Waals surface area contributed by atoms with Crippen LogP contribution in [0.2, 0.25) is 0 Å². The van der Waals surface area contributed by atoms with Crippen LogP contribution in [0.5, 0.6) is 0 Å². The first kappa shape index (κ1) is 13.1. The maximum atomic E-state index is 13.8. The van der Waals surface area contributed by atoms with E-state index in [1.54, 1.807) is 42.5 Å². The van der Waals surface area contributed by atoms with Crippen molar-refractivity contribution >= 4 is 5.97 Å². The Labute approximate surface area is 120 Å². The van der Waals surface area contributed by atoms with Crippen molar-refractivity contribution in [2.75, 3.05) is 0 Å². The molecule has 0 radical (unpaired) electrons. The third-order valence-electron chi connectivity index (χ3n) is 3.07. The van der Waals surface area contributed by atoms with Gasteiger partial charge in [0.25, 0.3) is 0 Å². The van der Waals surface area contributed by atoms with Gasteiger partial charge in [-0.25, -0.2) is 9.07 Å². The molecule has 1 aromatic heterocycles. The number of benzene rings is 2. The topological polar surface area (TPSA) is 57.9 Å². The van der Waals surface area contributed by atoms with Gasteiger partial charge in [-0.1, -0.05) is 30.3 Å². The van der Waals surface area contributed by atoms with Crippen molar-refractivity contribution < 1.29 is 14.3 Å². The Balaban J connectivity index is 2.18. The van der Waals surface area contributed by atoms with Gasteiger partial charge in [0, 0.05) is 5.56 Å². The van der Waals surface area contributed by atoms with E-state index in [1.807, 2.05) is 6.07 Å². The molecule has 0 saturated carbocycles. The van der Waals surface area contributed by atoms with Crippen molar-refractivity contribution in [3.8, 4) is 16.9 Å². The summed E-state index contributed by atoms with van der Waals surface area (Å²) in [7, 11) is 0. The molecule has 0 aliphatic heterocycles. The van der Waals surface area contributed by atoms with Crippen LogP contribution < -0.4 is 5.11 Å². The smallest absolute Gasteiger partial charge is 0.132 e. The SMILES string of the molecule is O=C([O-])c1cc(-c2ccccc2F)nn1-c1ccccc1. The molecular weight excluding hydrogens is 271 g/mol. The minimum absolute atomic E-state index is 0.126. The van der Waals surface area contributed by atoms with Crippen molar-refractivity contribution in [2.24, 2.45) is 0 Å². The molecule has 104 valence electrons. The number of aromatic carboxylic acids is 1. The van der Waals surface area contributed by atoms with Gasteiger partial charge < -0.3 is 9.90 Å². The Hall–Kier alpha value is -2.95. The van der Waals surface area contributed by atoms with Gasteiger partial charge in [0.2, 0.25) is 0 Å². The third-order valence-corrected chi connectivity index (χ3v) is 3.07. The van der Waals surface area contributed by atoms with Crippen molar-refractivity contribution in [3.63, 3.8) is 0 Å². The molecule has 0 aliphatic rings. The van der Waals surface area contributed by atoms with Crippen LogP contribution in [0.15, 0.2) is 60.7 Å². The van der Waals surface area contributed by atoms with Crippen LogP contribution in [0, 0.1) is 5.82 Å². The van der Waals surface area contributed by atoms with Crippen LogP contribution in [0.1, 0.15) is 10.5 Å². The van der Waals surface area contributed by atoms with E-state index < -0.39 is 11.8 Å². The highest BCUT2D eigenvalue weighted by molar-refractivity contribution is 5.86. The van der Waals surface area contributed by atoms with Crippen LogP contribution >= 0.6 is 0 Å². The number of hydrogen-bond donors (Lipinski definition) is 0. The summed E-state index contributed by atoms with van der Waals surface area (Å²) in [5, 5.41) is 15.4. The minimum Gasteiger partial charge on any atom is -0.543 e. The van der Waals surface area contributed by atoms with E-state index in [1.165, 1.54) is 16.8 Å². The van der Waals surface area contributed by atoms with Crippen molar-refractivity contribution in [3.05, 3.63) is 72.2 Å². The summed E-state index contributed by atoms with van der Waals surface area (Å²) in [4.78, 5) is 11.3. The number of rotatable bonds is 3. The number of carboxylic acids is 1. The fourth-order valence-electron chi connectivity index (χ4n) is 2.09. The van der Waals surface area contributed by atoms with Crippen LogP contribution in [0.3, 0.4) is 0 Å². The predicted molar refractivity (Wildman–Crippen MR) is 73.3 cm³/mol. The highest BCUT2D eigenvalue weighted by Gasteiger charge is 2.14. The zero-order valence-electron chi connectivity index (χ0n) is 10.9. The van der Waals surface area contributed by atoms with E-state index in [0.717, 1.165) is 0 Å². The number of nitrogens with zero attached hydrogens (tertiary/aromatic N) is 2. The van der Waals surface area contributed by atoms with Crippen LogP contribution in [0.25, 0.3) is 16.9 Å². The first-order chi connectivity index (χ1) is 10.2. The lowest BCUT2D eigenvalue weighted by Crippen LogP contribution is -2.25. The van der Waals surface area contributed by atoms with Gasteiger partial charge in [-0.3, -0.25) is 0 Å². The first-order valence-electron chi connectivity index (χ1n) is 6.28. The average Bonchev–Trinajstić information content (AvgIpc) is 2.94. The molecule has 0 bridgehead atoms. The van der Waals surface area contributed by atoms with Gasteiger partial charge in [0.05, 0.1) is 23.0 Å². The average molecular weight is 281 g/mol. The molecule has 3 aromatic rings. The Kier molecular flexibility index (Phi) is 3.23. The van der Waals surface area contributed by atoms with Gasteiger partial charge in [-0.2, -0.15) is 5.10 Å². The van der Waals surface area contributed by atoms with Crippen molar-refractivity contribution in [1.29, 1.82) is 0 Å². The number of carboxylic acid groups (broad SMARTS) is 1. The van der Waals surface area contributed by atoms with Crippen molar-refractivity contribution in [1.82, 2.24) is 9.78 Å². The molecule has 0 atom stereocenters. The molecule has 5 heteroatoms. The second kappa shape index (κ2) is 5.20. The molecule has 0 saturated heterocycles. The minimum atomic E-state index is -1.37. The summed E-state index contributed by atoms with van der Waals surface area (Å²) < 4.78 is 15.0. The molecule has 0 aliphatic carbocycles. The van der Waals surface area contributed by atoms with E-state index in [9.17, 15) is 14.3 Å². The van der Waals surface area contributed by atoms with E-state index in [0.29, 0.717) is 5.69 Å². The van der Waals surface area contributed by atoms with Crippen LogP contribution in [-0.2, 0) is 0 Å². The molecule has 0 spiro atoms. The summed E-state index contributed by atoms with van der Waals surface area (Å²) in [6.45, 7) is 0. The number of para-hydroxylation sites is 1. The van der Waals surface area contributed by atoms with Gasteiger partial charge in [0.15, 0.2) is 0 Å². The standard InChI is InChI=1S/C16H11FN2O2/c17-13-9-5-4-8-12(13)14-10-15(16(20)21)19(18-14)11-6-2-1-3-7-11/h1-10H,(H,20,21)/p-1. The highest BCUT2D eigenvalue weighted by Crippen LogP contribution is 2.23. The molecule has 3 rings (SSSR count). The van der Waals surface area contributed by atoms with E-state index in [-0.39, 0.29) is 17.0 Å². The summed E-state index contributed by atoms with van der Waals surface area (Å²) in [5.41, 5.74) is 0.935. The molecule has 0 N–H and O–H groups in total. The summed E-state index contributed by atoms with van der Waals surface area (Å²) >= 11 is 0. The van der Waals surface area contributed by atoms with Gasteiger partial charge in [0.1, 0.15) is 5.82 Å². The Morgan fingerprint density at radius 2 is 1.71 bits per heavy atom. The van der Waals surface area contributed by atoms with Gasteiger partial charge in [-0.15, -0.1) is 0 Å². The normalized spacial score (nSPS) is 10.5. The Morgan fingerprint density at radius 3 is 2.38 bits per heavy atom. The third kappa shape index (κ3) is 2.41. The van der Waals surface area contributed by atoms with Gasteiger partial charge in [-0.05, 0) is 30.3 Å². The maximum Gasteiger partial charge on any atom is 0.132 e. The largest absolute Gasteiger partial charge is 0.543 e. The molecule has 2 aromatic carbocycles. The number of carbonyl (C=O) groups excluding carboxylic acids is 1. The predicted octanol–water partition coefficient (Wildman–Crippen LogP) is 2.04. The second-order valence-corrected chi connectivity index (χ2v) is 4.43. The number of carbonyl (C=O) groups is 1. The quantitative estimate of drug-likeness (QED) is 0.738. The highest BCUT2D eigenvalue weighted by atomic mass is 19.1. The number of aromatic nitrogens is 2. The zero-order chi connectivity index (χ0) is 14.8. The van der Waals surface area contributed by atoms with Gasteiger partial charge >= 0.3 is 0 Å². The lowest BCUT2D eigenvalue weighted by atomic mass is 10.1. The molecular formula is C16H10FN2O2-. The Bertz CT molecular complexity index is 797. The number of hydrogen-bond acceptors (Lipinski definition) is 3. The molecule has 1 heterocycles. The summed E-state index contributed by atoms with van der Waals surface area (Å²) in [6, 6.07) is 16.1. The summed E-state index contributed by atoms with van der Waals surface area (Å²) in [6.07, 6.45) is 0. The number of halogens is 1. The van der Waals surface area contributed by atoms with E-state index in [2.05, 4.69) is 5.10 Å². The van der Waals surface area contributed by atoms with E-state index >= 15 is 0 Å². The lowest BCUT2D eigenvalue weighted by Gasteiger charge is -2.07. The molecule has 21 heavy (non-hydrogen) atoms. The fourth-order valence-corrected chi connectivity index (χ4v) is 2.09. The monoisotopic (exact) mass is 281 g/mol. The molecule has 0 fully saturated rings. The maximum absolute atomic E-state index is 13.8. The second-order valence-electron chi connectivity index (χ2n) is 4.43. The first-order valence-corrected chi connectivity index (χ1v) is 6.28. The van der Waals surface area contributed by atoms with Crippen molar-refractivity contribution in [2.45, 2.75) is 0 Å². The molecule has 0 amide bonds. The van der Waals surface area contributed by atoms with E-state index in [4.69, 9.17) is 0 Å². The molecule has 4 nitrogen and oxygen atoms in total. The molecule has 0 unspecified atom stereocenters. The van der Waals surface area contributed by atoms with Crippen LogP contribution in [0.4, 0.5) is 4.39 Å². The summed E-state index contributed by atoms with van der Waals surface area (Å²) in [5.74, 6) is -1.82. The lowest BCUT2D eigenvalue weighted by molar-refractivity contribution is -0.255. The zero-order valence-corrected chi connectivity index (χ0v) is 10.9.